The number of hydrogen-bond acceptors (Lipinski definition) is 1. The topological polar surface area (TPSA) is 20.3 Å². The SMILES string of the molecule is CC(C)C(Br)C(=O)N(C)CC(F)(F)F. The zero-order valence-electron chi connectivity index (χ0n) is 8.23. The van der Waals surface area contributed by atoms with Gasteiger partial charge in [0, 0.05) is 7.05 Å². The van der Waals surface area contributed by atoms with Crippen LogP contribution in [0.4, 0.5) is 13.2 Å². The van der Waals surface area contributed by atoms with Crippen LogP contribution in [0.2, 0.25) is 0 Å². The summed E-state index contributed by atoms with van der Waals surface area (Å²) >= 11 is 3.06. The fourth-order valence-corrected chi connectivity index (χ4v) is 1.19. The van der Waals surface area contributed by atoms with Gasteiger partial charge in [0.25, 0.3) is 0 Å². The van der Waals surface area contributed by atoms with Gasteiger partial charge in [-0.15, -0.1) is 0 Å². The maximum Gasteiger partial charge on any atom is 0.406 e. The lowest BCUT2D eigenvalue weighted by Crippen LogP contribution is -2.41. The zero-order chi connectivity index (χ0) is 11.5. The molecule has 0 aromatic heterocycles. The van der Waals surface area contributed by atoms with Crippen molar-refractivity contribution < 1.29 is 18.0 Å². The highest BCUT2D eigenvalue weighted by Gasteiger charge is 2.33. The fraction of sp³-hybridized carbons (Fsp3) is 0.875. The van der Waals surface area contributed by atoms with E-state index in [1.54, 1.807) is 13.8 Å². The molecule has 1 amide bonds. The summed E-state index contributed by atoms with van der Waals surface area (Å²) < 4.78 is 35.8. The van der Waals surface area contributed by atoms with E-state index in [9.17, 15) is 18.0 Å². The summed E-state index contributed by atoms with van der Waals surface area (Å²) in [5.74, 6) is -0.574. The molecule has 0 aliphatic carbocycles. The van der Waals surface area contributed by atoms with E-state index in [4.69, 9.17) is 0 Å². The van der Waals surface area contributed by atoms with E-state index < -0.39 is 23.5 Å². The van der Waals surface area contributed by atoms with Gasteiger partial charge in [-0.3, -0.25) is 4.79 Å². The normalized spacial score (nSPS) is 14.3. The van der Waals surface area contributed by atoms with E-state index in [1.165, 1.54) is 0 Å². The predicted molar refractivity (Wildman–Crippen MR) is 51.2 cm³/mol. The van der Waals surface area contributed by atoms with Crippen LogP contribution in [0.3, 0.4) is 0 Å². The molecule has 84 valence electrons. The van der Waals surface area contributed by atoms with Gasteiger partial charge in [-0.2, -0.15) is 13.2 Å². The van der Waals surface area contributed by atoms with Crippen molar-refractivity contribution in [1.82, 2.24) is 4.90 Å². The maximum absolute atomic E-state index is 11.9. The third-order valence-corrected chi connectivity index (χ3v) is 3.06. The molecule has 0 bridgehead atoms. The van der Waals surface area contributed by atoms with E-state index in [2.05, 4.69) is 15.9 Å². The summed E-state index contributed by atoms with van der Waals surface area (Å²) in [6.45, 7) is 2.32. The monoisotopic (exact) mass is 275 g/mol. The van der Waals surface area contributed by atoms with Gasteiger partial charge in [-0.25, -0.2) is 0 Å². The minimum absolute atomic E-state index is 0.0295. The van der Waals surface area contributed by atoms with Crippen LogP contribution in [0, 0.1) is 5.92 Å². The molecule has 0 aromatic carbocycles. The molecule has 0 aromatic rings. The van der Waals surface area contributed by atoms with Gasteiger partial charge in [0.1, 0.15) is 6.54 Å². The third kappa shape index (κ3) is 4.83. The highest BCUT2D eigenvalue weighted by atomic mass is 79.9. The molecule has 0 fully saturated rings. The van der Waals surface area contributed by atoms with Gasteiger partial charge in [-0.1, -0.05) is 29.8 Å². The lowest BCUT2D eigenvalue weighted by atomic mass is 10.1. The van der Waals surface area contributed by atoms with E-state index >= 15 is 0 Å². The second-order valence-corrected chi connectivity index (χ2v) is 4.44. The molecular weight excluding hydrogens is 263 g/mol. The van der Waals surface area contributed by atoms with Crippen LogP contribution in [0.5, 0.6) is 0 Å². The van der Waals surface area contributed by atoms with Crippen LogP contribution in [-0.4, -0.2) is 35.4 Å². The molecule has 14 heavy (non-hydrogen) atoms. The predicted octanol–water partition coefficient (Wildman–Crippen LogP) is 2.43. The smallest absolute Gasteiger partial charge is 0.336 e. The lowest BCUT2D eigenvalue weighted by molar-refractivity contribution is -0.158. The number of carbonyl (C=O) groups excluding carboxylic acids is 1. The Kier molecular flexibility index (Phi) is 4.91. The maximum atomic E-state index is 11.9. The number of amides is 1. The van der Waals surface area contributed by atoms with E-state index in [0.29, 0.717) is 4.90 Å². The molecule has 0 aliphatic rings. The molecule has 2 nitrogen and oxygen atoms in total. The number of carbonyl (C=O) groups is 1. The van der Waals surface area contributed by atoms with E-state index in [1.807, 2.05) is 0 Å². The number of rotatable bonds is 3. The summed E-state index contributed by atoms with van der Waals surface area (Å²) in [4.78, 5) is 11.5. The van der Waals surface area contributed by atoms with Crippen LogP contribution in [0.1, 0.15) is 13.8 Å². The van der Waals surface area contributed by atoms with Gasteiger partial charge in [-0.05, 0) is 5.92 Å². The molecule has 0 aliphatic heterocycles. The van der Waals surface area contributed by atoms with Gasteiger partial charge in [0.15, 0.2) is 0 Å². The van der Waals surface area contributed by atoms with Crippen molar-refractivity contribution in [2.75, 3.05) is 13.6 Å². The Morgan fingerprint density at radius 1 is 1.43 bits per heavy atom. The van der Waals surface area contributed by atoms with Crippen molar-refractivity contribution in [1.29, 1.82) is 0 Å². The minimum Gasteiger partial charge on any atom is -0.336 e. The lowest BCUT2D eigenvalue weighted by Gasteiger charge is -2.23. The quantitative estimate of drug-likeness (QED) is 0.725. The Hall–Kier alpha value is -0.260. The van der Waals surface area contributed by atoms with Gasteiger partial charge in [0.05, 0.1) is 4.83 Å². The van der Waals surface area contributed by atoms with Crippen molar-refractivity contribution in [2.24, 2.45) is 5.92 Å². The molecule has 1 atom stereocenters. The second kappa shape index (κ2) is 5.00. The molecule has 0 saturated heterocycles. The van der Waals surface area contributed by atoms with E-state index in [-0.39, 0.29) is 5.92 Å². The molecular formula is C8H13BrF3NO. The highest BCUT2D eigenvalue weighted by Crippen LogP contribution is 2.19. The first kappa shape index (κ1) is 13.7. The number of hydrogen-bond donors (Lipinski definition) is 0. The summed E-state index contributed by atoms with van der Waals surface area (Å²) in [5, 5.41) is 0. The standard InChI is InChI=1S/C8H13BrF3NO/c1-5(2)6(9)7(14)13(3)4-8(10,11)12/h5-6H,4H2,1-3H3. The summed E-state index contributed by atoms with van der Waals surface area (Å²) in [7, 11) is 1.15. The molecule has 1 unspecified atom stereocenters. The molecule has 0 spiro atoms. The Bertz CT molecular complexity index is 205. The number of nitrogens with zero attached hydrogens (tertiary/aromatic N) is 1. The largest absolute Gasteiger partial charge is 0.406 e. The van der Waals surface area contributed by atoms with Crippen LogP contribution in [0.15, 0.2) is 0 Å². The van der Waals surface area contributed by atoms with Crippen LogP contribution < -0.4 is 0 Å². The first-order valence-electron chi connectivity index (χ1n) is 4.11. The molecule has 0 radical (unpaired) electrons. The zero-order valence-corrected chi connectivity index (χ0v) is 9.82. The van der Waals surface area contributed by atoms with Crippen molar-refractivity contribution >= 4 is 21.8 Å². The second-order valence-electron chi connectivity index (χ2n) is 3.46. The summed E-state index contributed by atoms with van der Waals surface area (Å²) in [6, 6.07) is 0. The molecule has 0 saturated carbocycles. The number of halogens is 4. The molecule has 6 heteroatoms. The van der Waals surface area contributed by atoms with Crippen LogP contribution in [0.25, 0.3) is 0 Å². The van der Waals surface area contributed by atoms with Crippen LogP contribution in [-0.2, 0) is 4.79 Å². The molecule has 0 rings (SSSR count). The average molecular weight is 276 g/mol. The minimum atomic E-state index is -4.34. The van der Waals surface area contributed by atoms with Crippen LogP contribution >= 0.6 is 15.9 Å². The Labute approximate surface area is 89.6 Å². The van der Waals surface area contributed by atoms with Gasteiger partial charge < -0.3 is 4.90 Å². The Balaban J connectivity index is 4.26. The molecule has 0 N–H and O–H groups in total. The average Bonchev–Trinajstić information content (AvgIpc) is 1.98. The summed E-state index contributed by atoms with van der Waals surface area (Å²) in [5.41, 5.74) is 0. The first-order valence-corrected chi connectivity index (χ1v) is 5.02. The fourth-order valence-electron chi connectivity index (χ4n) is 0.843. The Morgan fingerprint density at radius 2 is 1.86 bits per heavy atom. The van der Waals surface area contributed by atoms with Gasteiger partial charge >= 0.3 is 6.18 Å². The number of alkyl halides is 4. The third-order valence-electron chi connectivity index (χ3n) is 1.61. The van der Waals surface area contributed by atoms with E-state index in [0.717, 1.165) is 7.05 Å². The van der Waals surface area contributed by atoms with Crippen molar-refractivity contribution in [2.45, 2.75) is 24.9 Å². The molecule has 0 heterocycles. The summed E-state index contributed by atoms with van der Waals surface area (Å²) in [6.07, 6.45) is -4.34. The van der Waals surface area contributed by atoms with Crippen molar-refractivity contribution in [3.63, 3.8) is 0 Å². The Morgan fingerprint density at radius 3 is 2.14 bits per heavy atom. The highest BCUT2D eigenvalue weighted by molar-refractivity contribution is 9.10. The van der Waals surface area contributed by atoms with Gasteiger partial charge in [0.2, 0.25) is 5.91 Å². The first-order chi connectivity index (χ1) is 6.15. The van der Waals surface area contributed by atoms with Crippen molar-refractivity contribution in [3.05, 3.63) is 0 Å². The van der Waals surface area contributed by atoms with Crippen molar-refractivity contribution in [3.8, 4) is 0 Å².